The number of carbonyl (C=O) groups excluding carboxylic acids is 1. The van der Waals surface area contributed by atoms with Gasteiger partial charge in [0.1, 0.15) is 6.61 Å². The number of anilines is 1. The largest absolute Gasteiger partial charge is 0.464 e. The predicted molar refractivity (Wildman–Crippen MR) is 56.6 cm³/mol. The summed E-state index contributed by atoms with van der Waals surface area (Å²) in [4.78, 5) is 10.4. The second-order valence-corrected chi connectivity index (χ2v) is 3.21. The molecule has 0 aliphatic rings. The van der Waals surface area contributed by atoms with Gasteiger partial charge in [-0.2, -0.15) is 0 Å². The standard InChI is InChI=1S/C10H12ClNO2/c1-8(13)14-6-5-12-10-4-2-3-9(11)7-10/h2-4,7,12H,5-6H2,1H3. The second-order valence-electron chi connectivity index (χ2n) is 2.78. The van der Waals surface area contributed by atoms with Crippen LogP contribution >= 0.6 is 11.6 Å². The summed E-state index contributed by atoms with van der Waals surface area (Å²) in [5, 5.41) is 3.76. The fraction of sp³-hybridized carbons (Fsp3) is 0.300. The van der Waals surface area contributed by atoms with Gasteiger partial charge in [0, 0.05) is 24.2 Å². The number of esters is 1. The Kier molecular flexibility index (Phi) is 4.26. The Morgan fingerprint density at radius 2 is 2.36 bits per heavy atom. The van der Waals surface area contributed by atoms with Gasteiger partial charge >= 0.3 is 5.97 Å². The number of carbonyl (C=O) groups is 1. The maximum absolute atomic E-state index is 10.4. The van der Waals surface area contributed by atoms with Crippen LogP contribution in [-0.2, 0) is 9.53 Å². The van der Waals surface area contributed by atoms with Crippen molar-refractivity contribution in [1.82, 2.24) is 0 Å². The highest BCUT2D eigenvalue weighted by atomic mass is 35.5. The van der Waals surface area contributed by atoms with Gasteiger partial charge in [-0.25, -0.2) is 0 Å². The van der Waals surface area contributed by atoms with Gasteiger partial charge in [-0.3, -0.25) is 4.79 Å². The molecule has 0 unspecified atom stereocenters. The lowest BCUT2D eigenvalue weighted by molar-refractivity contribution is -0.140. The Labute approximate surface area is 88.0 Å². The van der Waals surface area contributed by atoms with Gasteiger partial charge in [-0.15, -0.1) is 0 Å². The van der Waals surface area contributed by atoms with Crippen LogP contribution in [-0.4, -0.2) is 19.1 Å². The summed E-state index contributed by atoms with van der Waals surface area (Å²) in [5.41, 5.74) is 0.921. The number of halogens is 1. The van der Waals surface area contributed by atoms with Gasteiger partial charge in [0.2, 0.25) is 0 Å². The first-order chi connectivity index (χ1) is 6.68. The number of rotatable bonds is 4. The van der Waals surface area contributed by atoms with Crippen molar-refractivity contribution in [2.24, 2.45) is 0 Å². The number of ether oxygens (including phenoxy) is 1. The minimum Gasteiger partial charge on any atom is -0.464 e. The Morgan fingerprint density at radius 3 is 3.00 bits per heavy atom. The predicted octanol–water partition coefficient (Wildman–Crippen LogP) is 2.32. The third-order valence-electron chi connectivity index (χ3n) is 1.56. The lowest BCUT2D eigenvalue weighted by atomic mass is 10.3. The fourth-order valence-corrected chi connectivity index (χ4v) is 1.18. The Hall–Kier alpha value is -1.22. The van der Waals surface area contributed by atoms with E-state index in [1.807, 2.05) is 18.2 Å². The number of benzene rings is 1. The molecule has 76 valence electrons. The van der Waals surface area contributed by atoms with E-state index in [1.54, 1.807) is 6.07 Å². The SMILES string of the molecule is CC(=O)OCCNc1cccc(Cl)c1. The smallest absolute Gasteiger partial charge is 0.302 e. The van der Waals surface area contributed by atoms with Gasteiger partial charge in [0.05, 0.1) is 0 Å². The van der Waals surface area contributed by atoms with Crippen LogP contribution in [0.2, 0.25) is 5.02 Å². The van der Waals surface area contributed by atoms with Crippen LogP contribution in [0.25, 0.3) is 0 Å². The zero-order chi connectivity index (χ0) is 10.4. The molecule has 1 aromatic carbocycles. The topological polar surface area (TPSA) is 38.3 Å². The second kappa shape index (κ2) is 5.50. The molecule has 0 spiro atoms. The highest BCUT2D eigenvalue weighted by Gasteiger charge is 1.94. The van der Waals surface area contributed by atoms with Gasteiger partial charge in [-0.05, 0) is 18.2 Å². The molecule has 14 heavy (non-hydrogen) atoms. The van der Waals surface area contributed by atoms with E-state index in [2.05, 4.69) is 5.32 Å². The summed E-state index contributed by atoms with van der Waals surface area (Å²) < 4.78 is 4.76. The highest BCUT2D eigenvalue weighted by molar-refractivity contribution is 6.30. The minimum atomic E-state index is -0.266. The molecule has 1 aromatic rings. The van der Waals surface area contributed by atoms with E-state index in [4.69, 9.17) is 16.3 Å². The molecule has 1 N–H and O–H groups in total. The van der Waals surface area contributed by atoms with Crippen LogP contribution in [0.3, 0.4) is 0 Å². The number of nitrogens with one attached hydrogen (secondary N) is 1. The van der Waals surface area contributed by atoms with Crippen molar-refractivity contribution in [1.29, 1.82) is 0 Å². The van der Waals surface area contributed by atoms with Gasteiger partial charge in [-0.1, -0.05) is 17.7 Å². The quantitative estimate of drug-likeness (QED) is 0.616. The van der Waals surface area contributed by atoms with Crippen molar-refractivity contribution in [2.45, 2.75) is 6.92 Å². The average molecular weight is 214 g/mol. The van der Waals surface area contributed by atoms with Crippen molar-refractivity contribution >= 4 is 23.3 Å². The van der Waals surface area contributed by atoms with E-state index in [9.17, 15) is 4.79 Å². The van der Waals surface area contributed by atoms with Gasteiger partial charge in [0.15, 0.2) is 0 Å². The van der Waals surface area contributed by atoms with Crippen molar-refractivity contribution < 1.29 is 9.53 Å². The highest BCUT2D eigenvalue weighted by Crippen LogP contribution is 2.14. The van der Waals surface area contributed by atoms with Crippen molar-refractivity contribution in [3.05, 3.63) is 29.3 Å². The molecular weight excluding hydrogens is 202 g/mol. The van der Waals surface area contributed by atoms with Gasteiger partial charge < -0.3 is 10.1 Å². The lowest BCUT2D eigenvalue weighted by Gasteiger charge is -2.06. The molecular formula is C10H12ClNO2. The first-order valence-corrected chi connectivity index (χ1v) is 4.69. The van der Waals surface area contributed by atoms with E-state index in [-0.39, 0.29) is 5.97 Å². The Morgan fingerprint density at radius 1 is 1.57 bits per heavy atom. The molecule has 0 aliphatic heterocycles. The van der Waals surface area contributed by atoms with E-state index < -0.39 is 0 Å². The maximum atomic E-state index is 10.4. The molecule has 0 saturated carbocycles. The van der Waals surface area contributed by atoms with Crippen LogP contribution in [0.1, 0.15) is 6.92 Å². The maximum Gasteiger partial charge on any atom is 0.302 e. The molecule has 0 amide bonds. The van der Waals surface area contributed by atoms with Gasteiger partial charge in [0.25, 0.3) is 0 Å². The summed E-state index contributed by atoms with van der Waals surface area (Å²) in [6.45, 7) is 2.33. The molecule has 0 aromatic heterocycles. The van der Waals surface area contributed by atoms with Crippen LogP contribution in [0.4, 0.5) is 5.69 Å². The van der Waals surface area contributed by atoms with Crippen molar-refractivity contribution in [3.63, 3.8) is 0 Å². The summed E-state index contributed by atoms with van der Waals surface area (Å²) in [6.07, 6.45) is 0. The van der Waals surface area contributed by atoms with E-state index >= 15 is 0 Å². The minimum absolute atomic E-state index is 0.266. The summed E-state index contributed by atoms with van der Waals surface area (Å²) in [6, 6.07) is 7.38. The Bertz CT molecular complexity index is 315. The molecule has 0 aliphatic carbocycles. The van der Waals surface area contributed by atoms with Crippen LogP contribution < -0.4 is 5.32 Å². The average Bonchev–Trinajstić information content (AvgIpc) is 2.12. The summed E-state index contributed by atoms with van der Waals surface area (Å²) >= 11 is 5.78. The molecule has 0 fully saturated rings. The molecule has 3 nitrogen and oxygen atoms in total. The monoisotopic (exact) mass is 213 g/mol. The van der Waals surface area contributed by atoms with E-state index in [1.165, 1.54) is 6.92 Å². The molecule has 0 bridgehead atoms. The lowest BCUT2D eigenvalue weighted by Crippen LogP contribution is -2.11. The van der Waals surface area contributed by atoms with E-state index in [0.717, 1.165) is 5.69 Å². The first kappa shape index (κ1) is 10.9. The van der Waals surface area contributed by atoms with Crippen LogP contribution in [0.5, 0.6) is 0 Å². The zero-order valence-electron chi connectivity index (χ0n) is 7.92. The third kappa shape index (κ3) is 4.14. The third-order valence-corrected chi connectivity index (χ3v) is 1.80. The number of hydrogen-bond donors (Lipinski definition) is 1. The van der Waals surface area contributed by atoms with Crippen LogP contribution in [0.15, 0.2) is 24.3 Å². The van der Waals surface area contributed by atoms with Crippen molar-refractivity contribution in [3.8, 4) is 0 Å². The number of hydrogen-bond acceptors (Lipinski definition) is 3. The fourth-order valence-electron chi connectivity index (χ4n) is 0.989. The normalized spacial score (nSPS) is 9.57. The molecule has 4 heteroatoms. The van der Waals surface area contributed by atoms with Crippen molar-refractivity contribution in [2.75, 3.05) is 18.5 Å². The van der Waals surface area contributed by atoms with E-state index in [0.29, 0.717) is 18.2 Å². The Balaban J connectivity index is 2.28. The van der Waals surface area contributed by atoms with Crippen LogP contribution in [0, 0.1) is 0 Å². The molecule has 0 radical (unpaired) electrons. The molecule has 0 saturated heterocycles. The molecule has 0 atom stereocenters. The zero-order valence-corrected chi connectivity index (χ0v) is 8.67. The molecule has 1 rings (SSSR count). The summed E-state index contributed by atoms with van der Waals surface area (Å²) in [7, 11) is 0. The molecule has 0 heterocycles. The summed E-state index contributed by atoms with van der Waals surface area (Å²) in [5.74, 6) is -0.266. The first-order valence-electron chi connectivity index (χ1n) is 4.31.